The quantitative estimate of drug-likeness (QED) is 0.0952. The molecule has 0 amide bonds. The van der Waals surface area contributed by atoms with Crippen molar-refractivity contribution in [2.75, 3.05) is 38.2 Å². The number of halogens is 3. The summed E-state index contributed by atoms with van der Waals surface area (Å²) in [5.74, 6) is -0.0884. The van der Waals surface area contributed by atoms with Gasteiger partial charge in [0.05, 0.1) is 34.4 Å². The number of aliphatic hydroxyl groups is 1. The Bertz CT molecular complexity index is 2290. The Labute approximate surface area is 355 Å². The lowest BCUT2D eigenvalue weighted by Gasteiger charge is -2.34. The minimum atomic E-state index is -3.63. The highest BCUT2D eigenvalue weighted by atomic mass is 35.5. The number of aliphatic hydroxyl groups excluding tert-OH is 1. The van der Waals surface area contributed by atoms with E-state index >= 15 is 0 Å². The lowest BCUT2D eigenvalue weighted by molar-refractivity contribution is -0.121. The number of benzene rings is 3. The molecule has 1 fully saturated rings. The molecule has 3 atom stereocenters. The first-order valence-corrected chi connectivity index (χ1v) is 22.4. The van der Waals surface area contributed by atoms with Gasteiger partial charge in [0.25, 0.3) is 0 Å². The molecule has 2 heterocycles. The van der Waals surface area contributed by atoms with Gasteiger partial charge in [-0.25, -0.2) is 12.8 Å². The molecule has 1 aliphatic heterocycles. The Morgan fingerprint density at radius 2 is 1.83 bits per heavy atom. The maximum Gasteiger partial charge on any atom is 0.167 e. The number of likely N-dealkylation sites (tertiary alicyclic amines) is 1. The molecule has 0 spiro atoms. The van der Waals surface area contributed by atoms with E-state index in [0.29, 0.717) is 64.8 Å². The van der Waals surface area contributed by atoms with E-state index in [1.54, 1.807) is 31.3 Å². The van der Waals surface area contributed by atoms with Crippen LogP contribution in [-0.4, -0.2) is 85.3 Å². The molecule has 2 aliphatic rings. The smallest absolute Gasteiger partial charge is 0.167 e. The highest BCUT2D eigenvalue weighted by Gasteiger charge is 2.31. The Morgan fingerprint density at radius 1 is 1.08 bits per heavy atom. The zero-order chi connectivity index (χ0) is 42.3. The van der Waals surface area contributed by atoms with Gasteiger partial charge >= 0.3 is 0 Å². The molecule has 6 rings (SSSR count). The topological polar surface area (TPSA) is 151 Å². The molecule has 3 aromatic carbocycles. The SMILES string of the molecule is C[C@@H](O)[C@H](NCc1cc(Cl)c(O[C@H]2CCc3c(-c4cccc(OCCCN5CCC(C)(F)CC5)c4Cl)cccc32)cc1OCc1cncc(C#N)c1)C(=O)CS(C)(=O)=O. The number of ketones is 1. The fourth-order valence-corrected chi connectivity index (χ4v) is 8.75. The van der Waals surface area contributed by atoms with Crippen LogP contribution in [0.3, 0.4) is 0 Å². The summed E-state index contributed by atoms with van der Waals surface area (Å²) in [6.07, 6.45) is 5.74. The molecule has 11 nitrogen and oxygen atoms in total. The third-order valence-electron chi connectivity index (χ3n) is 10.7. The van der Waals surface area contributed by atoms with E-state index in [1.807, 2.05) is 36.4 Å². The number of nitriles is 1. The first-order chi connectivity index (χ1) is 28.1. The standard InChI is InChI=1S/C44H49Cl2FN4O7S/c1-28(52)43(37(53)27-59(3,54)55)50-25-31-20-36(45)41(21-40(31)57-26-30-19-29(22-48)23-49-24-30)58-38-12-11-33-32(7-4-8-34(33)38)35-9-5-10-39(42(35)46)56-18-6-15-51-16-13-44(2,47)14-17-51/h4-5,7-10,19-21,23-24,28,38,43,50,52H,6,11-18,25-27H2,1-3H3/t28-,38+,43+/m1/s1. The van der Waals surface area contributed by atoms with E-state index < -0.39 is 39.2 Å². The van der Waals surface area contributed by atoms with E-state index in [1.165, 1.54) is 13.1 Å². The molecule has 15 heteroatoms. The van der Waals surface area contributed by atoms with Gasteiger partial charge < -0.3 is 29.5 Å². The van der Waals surface area contributed by atoms with Crippen molar-refractivity contribution in [3.63, 3.8) is 0 Å². The van der Waals surface area contributed by atoms with Crippen LogP contribution in [0, 0.1) is 11.3 Å². The number of carbonyl (C=O) groups excluding carboxylic acids is 1. The van der Waals surface area contributed by atoms with E-state index in [9.17, 15) is 28.0 Å². The van der Waals surface area contributed by atoms with Crippen LogP contribution < -0.4 is 19.5 Å². The predicted molar refractivity (Wildman–Crippen MR) is 226 cm³/mol. The van der Waals surface area contributed by atoms with E-state index in [2.05, 4.69) is 21.3 Å². The highest BCUT2D eigenvalue weighted by molar-refractivity contribution is 7.91. The summed E-state index contributed by atoms with van der Waals surface area (Å²) < 4.78 is 56.9. The molecule has 1 saturated heterocycles. The summed E-state index contributed by atoms with van der Waals surface area (Å²) in [7, 11) is -3.63. The third-order valence-corrected chi connectivity index (χ3v) is 12.2. The fraction of sp³-hybridized carbons (Fsp3) is 0.432. The summed E-state index contributed by atoms with van der Waals surface area (Å²) in [6, 6.07) is 17.7. The minimum Gasteiger partial charge on any atom is -0.492 e. The van der Waals surface area contributed by atoms with Crippen molar-refractivity contribution < 1.29 is 36.9 Å². The van der Waals surface area contributed by atoms with E-state index in [4.69, 9.17) is 37.4 Å². The second-order valence-corrected chi connectivity index (χ2v) is 18.5. The zero-order valence-electron chi connectivity index (χ0n) is 33.3. The van der Waals surface area contributed by atoms with E-state index in [-0.39, 0.29) is 24.3 Å². The lowest BCUT2D eigenvalue weighted by Crippen LogP contribution is -2.46. The molecular weight excluding hydrogens is 818 g/mol. The summed E-state index contributed by atoms with van der Waals surface area (Å²) in [6.45, 7) is 5.94. The van der Waals surface area contributed by atoms with Crippen molar-refractivity contribution in [3.8, 4) is 34.4 Å². The van der Waals surface area contributed by atoms with Gasteiger partial charge in [-0.1, -0.05) is 53.5 Å². The van der Waals surface area contributed by atoms with Crippen molar-refractivity contribution in [3.05, 3.63) is 105 Å². The van der Waals surface area contributed by atoms with Crippen LogP contribution in [-0.2, 0) is 34.2 Å². The van der Waals surface area contributed by atoms with Crippen molar-refractivity contribution >= 4 is 38.8 Å². The van der Waals surface area contributed by atoms with Crippen LogP contribution in [0.25, 0.3) is 11.1 Å². The molecule has 1 aromatic heterocycles. The molecule has 2 N–H and O–H groups in total. The maximum absolute atomic E-state index is 14.2. The first kappa shape index (κ1) is 44.3. The summed E-state index contributed by atoms with van der Waals surface area (Å²) in [4.78, 5) is 19.2. The van der Waals surface area contributed by atoms with Gasteiger partial charge in [0.2, 0.25) is 0 Å². The summed E-state index contributed by atoms with van der Waals surface area (Å²) >= 11 is 13.9. The largest absolute Gasteiger partial charge is 0.492 e. The highest BCUT2D eigenvalue weighted by Crippen LogP contribution is 2.45. The van der Waals surface area contributed by atoms with Gasteiger partial charge in [-0.05, 0) is 80.8 Å². The number of sulfone groups is 1. The predicted octanol–water partition coefficient (Wildman–Crippen LogP) is 7.62. The molecule has 0 saturated carbocycles. The number of nitrogens with zero attached hydrogens (tertiary/aromatic N) is 3. The van der Waals surface area contributed by atoms with Gasteiger partial charge in [-0.15, -0.1) is 0 Å². The Balaban J connectivity index is 1.19. The molecule has 314 valence electrons. The van der Waals surface area contributed by atoms with Gasteiger partial charge in [-0.3, -0.25) is 9.78 Å². The normalized spacial score (nSPS) is 17.4. The molecule has 0 unspecified atom stereocenters. The number of hydrogen-bond donors (Lipinski definition) is 2. The number of Topliss-reactive ketones (excluding diaryl/α,β-unsaturated/α-hetero) is 1. The number of carbonyl (C=O) groups is 1. The zero-order valence-corrected chi connectivity index (χ0v) is 35.7. The molecule has 59 heavy (non-hydrogen) atoms. The molecular formula is C44H49Cl2FN4O7S. The monoisotopic (exact) mass is 866 g/mol. The second kappa shape index (κ2) is 19.4. The summed E-state index contributed by atoms with van der Waals surface area (Å²) in [5, 5.41) is 23.5. The van der Waals surface area contributed by atoms with E-state index in [0.717, 1.165) is 61.0 Å². The maximum atomic E-state index is 14.2. The molecule has 0 radical (unpaired) electrons. The number of hydrogen-bond acceptors (Lipinski definition) is 11. The van der Waals surface area contributed by atoms with Crippen LogP contribution in [0.2, 0.25) is 10.0 Å². The van der Waals surface area contributed by atoms with Crippen LogP contribution in [0.15, 0.2) is 67.0 Å². The fourth-order valence-electron chi connectivity index (χ4n) is 7.54. The Kier molecular flexibility index (Phi) is 14.6. The van der Waals surface area contributed by atoms with Crippen molar-refractivity contribution in [2.24, 2.45) is 0 Å². The molecule has 1 aliphatic carbocycles. The third kappa shape index (κ3) is 11.7. The van der Waals surface area contributed by atoms with Crippen LogP contribution in [0.4, 0.5) is 4.39 Å². The molecule has 4 aromatic rings. The van der Waals surface area contributed by atoms with Crippen LogP contribution in [0.5, 0.6) is 17.2 Å². The lowest BCUT2D eigenvalue weighted by atomic mass is 9.96. The first-order valence-electron chi connectivity index (χ1n) is 19.6. The molecule has 0 bridgehead atoms. The average molecular weight is 868 g/mol. The Morgan fingerprint density at radius 3 is 2.56 bits per heavy atom. The number of rotatable bonds is 18. The number of fused-ring (bicyclic) bond motifs is 1. The summed E-state index contributed by atoms with van der Waals surface area (Å²) in [5.41, 5.74) is 4.38. The number of pyridine rings is 1. The van der Waals surface area contributed by atoms with Crippen molar-refractivity contribution in [1.29, 1.82) is 5.26 Å². The van der Waals surface area contributed by atoms with Crippen molar-refractivity contribution in [1.82, 2.24) is 15.2 Å². The number of piperidine rings is 1. The second-order valence-electron chi connectivity index (χ2n) is 15.6. The number of ether oxygens (including phenoxy) is 3. The number of alkyl halides is 1. The average Bonchev–Trinajstić information content (AvgIpc) is 3.60. The van der Waals surface area contributed by atoms with Gasteiger partial charge in [0.1, 0.15) is 47.5 Å². The van der Waals surface area contributed by atoms with Gasteiger partial charge in [0.15, 0.2) is 15.6 Å². The number of nitrogens with one attached hydrogen (secondary N) is 1. The van der Waals surface area contributed by atoms with Crippen molar-refractivity contribution in [2.45, 2.75) is 83.0 Å². The van der Waals surface area contributed by atoms with Crippen LogP contribution in [0.1, 0.15) is 73.5 Å². The van der Waals surface area contributed by atoms with Gasteiger partial charge in [-0.2, -0.15) is 5.26 Å². The Hall–Kier alpha value is -4.29. The van der Waals surface area contributed by atoms with Gasteiger partial charge in [0, 0.05) is 67.6 Å². The minimum absolute atomic E-state index is 0.00547. The van der Waals surface area contributed by atoms with Crippen LogP contribution >= 0.6 is 23.2 Å². The number of aromatic nitrogens is 1.